The van der Waals surface area contributed by atoms with Gasteiger partial charge in [0.2, 0.25) is 11.9 Å². The van der Waals surface area contributed by atoms with E-state index in [9.17, 15) is 14.4 Å². The first-order valence-electron chi connectivity index (χ1n) is 12.5. The fourth-order valence-corrected chi connectivity index (χ4v) is 5.13. The maximum Gasteiger partial charge on any atom is 0.332 e. The third-order valence-electron chi connectivity index (χ3n) is 6.90. The zero-order valence-corrected chi connectivity index (χ0v) is 23.2. The molecule has 0 spiro atoms. The standard InChI is InChI=1S/C27H30BrN7O3/c1-18-5-4-6-19(15-18)16-35-23-24(31(2)27(38)32(3)25(23)37)30-26(35)34-13-11-33(12-14-34)17-22(36)29-21-9-7-20(28)8-10-21/h4-10,15H,11-14,16-17H2,1-3H3,(H,29,36). The van der Waals surface area contributed by atoms with Crippen molar-refractivity contribution in [2.45, 2.75) is 13.5 Å². The second kappa shape index (κ2) is 10.6. The van der Waals surface area contributed by atoms with Crippen molar-refractivity contribution < 1.29 is 4.79 Å². The molecule has 11 heteroatoms. The summed E-state index contributed by atoms with van der Waals surface area (Å²) in [6.07, 6.45) is 0. The number of piperazine rings is 1. The van der Waals surface area contributed by atoms with Crippen LogP contribution in [0.3, 0.4) is 0 Å². The van der Waals surface area contributed by atoms with Gasteiger partial charge < -0.3 is 10.2 Å². The summed E-state index contributed by atoms with van der Waals surface area (Å²) in [4.78, 5) is 47.5. The molecule has 0 bridgehead atoms. The molecule has 198 valence electrons. The van der Waals surface area contributed by atoms with Crippen LogP contribution in [0.5, 0.6) is 0 Å². The van der Waals surface area contributed by atoms with Crippen molar-refractivity contribution >= 4 is 44.6 Å². The molecule has 3 heterocycles. The SMILES string of the molecule is Cc1cccc(Cn2c(N3CCN(CC(=O)Nc4ccc(Br)cc4)CC3)nc3c2c(=O)n(C)c(=O)n3C)c1. The smallest absolute Gasteiger partial charge is 0.332 e. The number of hydrogen-bond donors (Lipinski definition) is 1. The van der Waals surface area contributed by atoms with Gasteiger partial charge in [0.05, 0.1) is 13.1 Å². The number of aromatic nitrogens is 4. The van der Waals surface area contributed by atoms with E-state index in [1.54, 1.807) is 7.05 Å². The normalized spacial score (nSPS) is 14.3. The quantitative estimate of drug-likeness (QED) is 0.376. The van der Waals surface area contributed by atoms with Gasteiger partial charge in [-0.05, 0) is 36.8 Å². The number of nitrogens with one attached hydrogen (secondary N) is 1. The Morgan fingerprint density at radius 3 is 2.39 bits per heavy atom. The van der Waals surface area contributed by atoms with Crippen molar-refractivity contribution in [1.82, 2.24) is 23.6 Å². The van der Waals surface area contributed by atoms with Gasteiger partial charge in [-0.25, -0.2) is 4.79 Å². The summed E-state index contributed by atoms with van der Waals surface area (Å²) in [7, 11) is 3.13. The molecular formula is C27H30BrN7O3. The van der Waals surface area contributed by atoms with Crippen molar-refractivity contribution in [1.29, 1.82) is 0 Å². The molecule has 10 nitrogen and oxygen atoms in total. The largest absolute Gasteiger partial charge is 0.340 e. The number of anilines is 2. The third-order valence-corrected chi connectivity index (χ3v) is 7.43. The highest BCUT2D eigenvalue weighted by atomic mass is 79.9. The Balaban J connectivity index is 1.39. The van der Waals surface area contributed by atoms with E-state index >= 15 is 0 Å². The fraction of sp³-hybridized carbons (Fsp3) is 0.333. The number of rotatable bonds is 6. The van der Waals surface area contributed by atoms with Gasteiger partial charge in [0.1, 0.15) is 0 Å². The van der Waals surface area contributed by atoms with Crippen LogP contribution in [0.1, 0.15) is 11.1 Å². The summed E-state index contributed by atoms with van der Waals surface area (Å²) in [5.41, 5.74) is 2.94. The van der Waals surface area contributed by atoms with Gasteiger partial charge >= 0.3 is 5.69 Å². The Hall–Kier alpha value is -3.70. The Bertz CT molecular complexity index is 1610. The van der Waals surface area contributed by atoms with Crippen LogP contribution in [0.4, 0.5) is 11.6 Å². The summed E-state index contributed by atoms with van der Waals surface area (Å²) >= 11 is 3.40. The molecule has 4 aromatic rings. The molecular weight excluding hydrogens is 550 g/mol. The van der Waals surface area contributed by atoms with Crippen LogP contribution in [0, 0.1) is 6.92 Å². The van der Waals surface area contributed by atoms with Crippen molar-refractivity contribution in [3.8, 4) is 0 Å². The molecule has 1 N–H and O–H groups in total. The number of halogens is 1. The Kier molecular flexibility index (Phi) is 7.22. The average Bonchev–Trinajstić information content (AvgIpc) is 3.27. The lowest BCUT2D eigenvalue weighted by molar-refractivity contribution is -0.117. The number of fused-ring (bicyclic) bond motifs is 1. The van der Waals surface area contributed by atoms with Crippen LogP contribution in [0.2, 0.25) is 0 Å². The molecule has 1 aliphatic rings. The number of amides is 1. The Morgan fingerprint density at radius 1 is 1.00 bits per heavy atom. The van der Waals surface area contributed by atoms with E-state index in [-0.39, 0.29) is 11.5 Å². The molecule has 0 radical (unpaired) electrons. The summed E-state index contributed by atoms with van der Waals surface area (Å²) in [6.45, 7) is 5.38. The molecule has 1 fully saturated rings. The minimum absolute atomic E-state index is 0.0639. The first-order valence-corrected chi connectivity index (χ1v) is 13.2. The summed E-state index contributed by atoms with van der Waals surface area (Å²) in [5.74, 6) is 0.588. The Morgan fingerprint density at radius 2 is 1.71 bits per heavy atom. The van der Waals surface area contributed by atoms with Crippen molar-refractivity contribution in [2.24, 2.45) is 14.1 Å². The number of nitrogens with zero attached hydrogens (tertiary/aromatic N) is 6. The summed E-state index contributed by atoms with van der Waals surface area (Å²) in [5, 5.41) is 2.94. The first-order chi connectivity index (χ1) is 18.2. The monoisotopic (exact) mass is 579 g/mol. The maximum absolute atomic E-state index is 13.2. The van der Waals surface area contributed by atoms with E-state index < -0.39 is 5.69 Å². The van der Waals surface area contributed by atoms with Crippen LogP contribution >= 0.6 is 15.9 Å². The topological polar surface area (TPSA) is 97.4 Å². The molecule has 2 aromatic carbocycles. The zero-order valence-electron chi connectivity index (χ0n) is 21.6. The second-order valence-electron chi connectivity index (χ2n) is 9.68. The molecule has 5 rings (SSSR count). The van der Waals surface area contributed by atoms with E-state index in [0.717, 1.165) is 25.9 Å². The first kappa shape index (κ1) is 25.9. The van der Waals surface area contributed by atoms with Gasteiger partial charge in [-0.3, -0.25) is 28.2 Å². The van der Waals surface area contributed by atoms with Crippen LogP contribution in [0.25, 0.3) is 11.2 Å². The van der Waals surface area contributed by atoms with E-state index in [2.05, 4.69) is 37.1 Å². The highest BCUT2D eigenvalue weighted by Gasteiger charge is 2.26. The molecule has 0 saturated carbocycles. The van der Waals surface area contributed by atoms with Crippen molar-refractivity contribution in [2.75, 3.05) is 42.9 Å². The molecule has 1 aliphatic heterocycles. The van der Waals surface area contributed by atoms with Crippen LogP contribution < -0.4 is 21.5 Å². The lowest BCUT2D eigenvalue weighted by atomic mass is 10.1. The molecule has 0 aliphatic carbocycles. The number of hydrogen-bond acceptors (Lipinski definition) is 6. The van der Waals surface area contributed by atoms with Crippen LogP contribution in [0.15, 0.2) is 62.6 Å². The lowest BCUT2D eigenvalue weighted by Gasteiger charge is -2.35. The van der Waals surface area contributed by atoms with Gasteiger partial charge in [-0.15, -0.1) is 0 Å². The summed E-state index contributed by atoms with van der Waals surface area (Å²) < 4.78 is 5.43. The number of carbonyl (C=O) groups excluding carboxylic acids is 1. The molecule has 1 amide bonds. The predicted molar refractivity (Wildman–Crippen MR) is 152 cm³/mol. The summed E-state index contributed by atoms with van der Waals surface area (Å²) in [6, 6.07) is 15.6. The van der Waals surface area contributed by atoms with Crippen molar-refractivity contribution in [3.05, 3.63) is 85.0 Å². The van der Waals surface area contributed by atoms with Crippen LogP contribution in [-0.2, 0) is 25.4 Å². The average molecular weight is 580 g/mol. The number of aryl methyl sites for hydroxylation is 2. The van der Waals surface area contributed by atoms with Gasteiger partial charge in [-0.2, -0.15) is 4.98 Å². The molecule has 2 aromatic heterocycles. The molecule has 1 saturated heterocycles. The number of carbonyl (C=O) groups is 1. The van der Waals surface area contributed by atoms with E-state index in [4.69, 9.17) is 4.98 Å². The minimum atomic E-state index is -0.407. The third kappa shape index (κ3) is 5.16. The van der Waals surface area contributed by atoms with E-state index in [1.807, 2.05) is 54.0 Å². The maximum atomic E-state index is 13.2. The molecule has 0 atom stereocenters. The Labute approximate surface area is 228 Å². The minimum Gasteiger partial charge on any atom is -0.340 e. The van der Waals surface area contributed by atoms with Crippen molar-refractivity contribution in [3.63, 3.8) is 0 Å². The van der Waals surface area contributed by atoms with Gasteiger partial charge in [-0.1, -0.05) is 45.8 Å². The van der Waals surface area contributed by atoms with Gasteiger partial charge in [0.15, 0.2) is 11.2 Å². The van der Waals surface area contributed by atoms with E-state index in [1.165, 1.54) is 11.6 Å². The highest BCUT2D eigenvalue weighted by Crippen LogP contribution is 2.23. The second-order valence-corrected chi connectivity index (χ2v) is 10.6. The van der Waals surface area contributed by atoms with E-state index in [0.29, 0.717) is 56.4 Å². The molecule has 38 heavy (non-hydrogen) atoms. The number of imidazole rings is 1. The predicted octanol–water partition coefficient (Wildman–Crippen LogP) is 2.31. The fourth-order valence-electron chi connectivity index (χ4n) is 4.86. The van der Waals surface area contributed by atoms with Gasteiger partial charge in [0.25, 0.3) is 5.56 Å². The lowest BCUT2D eigenvalue weighted by Crippen LogP contribution is -2.49. The van der Waals surface area contributed by atoms with Crippen LogP contribution in [-0.4, -0.2) is 62.2 Å². The molecule has 0 unspecified atom stereocenters. The zero-order chi connectivity index (χ0) is 27.0. The van der Waals surface area contributed by atoms with Gasteiger partial charge in [0, 0.05) is 50.4 Å². The highest BCUT2D eigenvalue weighted by molar-refractivity contribution is 9.10. The number of benzene rings is 2.